The number of aliphatic hydroxyl groups excluding tert-OH is 1. The highest BCUT2D eigenvalue weighted by Crippen LogP contribution is 2.22. The van der Waals surface area contributed by atoms with Crippen molar-refractivity contribution in [2.75, 3.05) is 24.7 Å². The second-order valence-corrected chi connectivity index (χ2v) is 6.51. The second kappa shape index (κ2) is 7.82. The Hall–Kier alpha value is -1.04. The van der Waals surface area contributed by atoms with Crippen LogP contribution in [-0.4, -0.2) is 47.4 Å². The van der Waals surface area contributed by atoms with Crippen LogP contribution in [0.15, 0.2) is 29.2 Å². The molecule has 2 N–H and O–H groups in total. The fourth-order valence-electron chi connectivity index (χ4n) is 2.85. The normalized spacial score (nSPS) is 20.4. The van der Waals surface area contributed by atoms with Gasteiger partial charge in [-0.2, -0.15) is 0 Å². The molecule has 0 aliphatic carbocycles. The number of benzene rings is 1. The first-order valence-electron chi connectivity index (χ1n) is 7.44. The Balaban J connectivity index is 1.88. The number of likely N-dealkylation sites (tertiary alicyclic amines) is 1. The highest BCUT2D eigenvalue weighted by molar-refractivity contribution is 7.98. The molecule has 116 valence electrons. The molecule has 0 radical (unpaired) electrons. The largest absolute Gasteiger partial charge is 0.393 e. The van der Waals surface area contributed by atoms with Crippen molar-refractivity contribution in [3.8, 4) is 0 Å². The third-order valence-electron chi connectivity index (χ3n) is 3.81. The van der Waals surface area contributed by atoms with Crippen molar-refractivity contribution in [2.24, 2.45) is 0 Å². The molecule has 1 heterocycles. The average molecular weight is 308 g/mol. The number of carbonyl (C=O) groups is 1. The maximum absolute atomic E-state index is 12.2. The van der Waals surface area contributed by atoms with E-state index in [0.29, 0.717) is 12.6 Å². The quantitative estimate of drug-likeness (QED) is 0.793. The second-order valence-electron chi connectivity index (χ2n) is 5.63. The Morgan fingerprint density at radius 3 is 3.10 bits per heavy atom. The van der Waals surface area contributed by atoms with Gasteiger partial charge in [-0.25, -0.2) is 0 Å². The van der Waals surface area contributed by atoms with E-state index in [2.05, 4.69) is 10.2 Å². The number of carbonyl (C=O) groups excluding carboxylic acids is 1. The van der Waals surface area contributed by atoms with Gasteiger partial charge in [0.25, 0.3) is 0 Å². The molecule has 1 aliphatic rings. The predicted octanol–water partition coefficient (Wildman–Crippen LogP) is 2.58. The van der Waals surface area contributed by atoms with Crippen LogP contribution in [0.5, 0.6) is 0 Å². The lowest BCUT2D eigenvalue weighted by Gasteiger charge is -2.24. The van der Waals surface area contributed by atoms with E-state index in [1.807, 2.05) is 37.4 Å². The SMILES string of the molecule is CSc1cccc(NC(=O)CN2CCCC2CC(C)O)c1. The van der Waals surface area contributed by atoms with Crippen LogP contribution in [0.3, 0.4) is 0 Å². The number of rotatable bonds is 6. The lowest BCUT2D eigenvalue weighted by atomic mass is 10.1. The summed E-state index contributed by atoms with van der Waals surface area (Å²) < 4.78 is 0. The predicted molar refractivity (Wildman–Crippen MR) is 87.7 cm³/mol. The van der Waals surface area contributed by atoms with Crippen molar-refractivity contribution in [1.82, 2.24) is 4.90 Å². The lowest BCUT2D eigenvalue weighted by Crippen LogP contribution is -2.38. The first kappa shape index (κ1) is 16.3. The molecule has 21 heavy (non-hydrogen) atoms. The number of hydrogen-bond acceptors (Lipinski definition) is 4. The summed E-state index contributed by atoms with van der Waals surface area (Å²) >= 11 is 1.66. The van der Waals surface area contributed by atoms with Crippen molar-refractivity contribution in [2.45, 2.75) is 43.2 Å². The zero-order valence-corrected chi connectivity index (χ0v) is 13.5. The van der Waals surface area contributed by atoms with Crippen molar-refractivity contribution in [3.05, 3.63) is 24.3 Å². The van der Waals surface area contributed by atoms with E-state index in [0.717, 1.165) is 36.4 Å². The number of thioether (sulfide) groups is 1. The van der Waals surface area contributed by atoms with Gasteiger partial charge in [0, 0.05) is 16.6 Å². The molecular weight excluding hydrogens is 284 g/mol. The van der Waals surface area contributed by atoms with Crippen molar-refractivity contribution >= 4 is 23.4 Å². The van der Waals surface area contributed by atoms with Crippen LogP contribution in [0.25, 0.3) is 0 Å². The summed E-state index contributed by atoms with van der Waals surface area (Å²) in [5.74, 6) is 0.0192. The molecule has 1 aliphatic heterocycles. The summed E-state index contributed by atoms with van der Waals surface area (Å²) in [6, 6.07) is 8.20. The van der Waals surface area contributed by atoms with Crippen LogP contribution in [0.1, 0.15) is 26.2 Å². The van der Waals surface area contributed by atoms with E-state index >= 15 is 0 Å². The number of aliphatic hydroxyl groups is 1. The summed E-state index contributed by atoms with van der Waals surface area (Å²) in [7, 11) is 0. The highest BCUT2D eigenvalue weighted by Gasteiger charge is 2.27. The fourth-order valence-corrected chi connectivity index (χ4v) is 3.31. The van der Waals surface area contributed by atoms with Gasteiger partial charge < -0.3 is 10.4 Å². The van der Waals surface area contributed by atoms with E-state index in [-0.39, 0.29) is 12.0 Å². The van der Waals surface area contributed by atoms with Gasteiger partial charge in [-0.15, -0.1) is 11.8 Å². The minimum Gasteiger partial charge on any atom is -0.393 e. The Bertz CT molecular complexity index is 479. The van der Waals surface area contributed by atoms with Gasteiger partial charge in [0.05, 0.1) is 12.6 Å². The van der Waals surface area contributed by atoms with E-state index in [4.69, 9.17) is 0 Å². The topological polar surface area (TPSA) is 52.6 Å². The first-order valence-corrected chi connectivity index (χ1v) is 8.67. The third-order valence-corrected chi connectivity index (χ3v) is 4.54. The van der Waals surface area contributed by atoms with Crippen LogP contribution in [0.2, 0.25) is 0 Å². The number of hydrogen-bond donors (Lipinski definition) is 2. The van der Waals surface area contributed by atoms with Gasteiger partial charge in [-0.3, -0.25) is 9.69 Å². The molecule has 1 saturated heterocycles. The standard InChI is InChI=1S/C16H24N2O2S/c1-12(19)9-14-6-4-8-18(14)11-16(20)17-13-5-3-7-15(10-13)21-2/h3,5,7,10,12,14,19H,4,6,8-9,11H2,1-2H3,(H,17,20). The number of amides is 1. The van der Waals surface area contributed by atoms with Crippen LogP contribution in [-0.2, 0) is 4.79 Å². The molecule has 2 unspecified atom stereocenters. The molecule has 0 bridgehead atoms. The molecule has 2 rings (SSSR count). The molecule has 0 spiro atoms. The molecule has 5 heteroatoms. The van der Waals surface area contributed by atoms with Gasteiger partial charge in [-0.1, -0.05) is 6.07 Å². The van der Waals surface area contributed by atoms with Crippen LogP contribution >= 0.6 is 11.8 Å². The maximum atomic E-state index is 12.2. The minimum absolute atomic E-state index is 0.0192. The van der Waals surface area contributed by atoms with Crippen LogP contribution < -0.4 is 5.32 Å². The molecule has 2 atom stereocenters. The van der Waals surface area contributed by atoms with Gasteiger partial charge >= 0.3 is 0 Å². The zero-order chi connectivity index (χ0) is 15.2. The Morgan fingerprint density at radius 1 is 1.57 bits per heavy atom. The summed E-state index contributed by atoms with van der Waals surface area (Å²) in [6.45, 7) is 3.15. The highest BCUT2D eigenvalue weighted by atomic mass is 32.2. The Morgan fingerprint density at radius 2 is 2.38 bits per heavy atom. The monoisotopic (exact) mass is 308 g/mol. The van der Waals surface area contributed by atoms with Crippen LogP contribution in [0, 0.1) is 0 Å². The maximum Gasteiger partial charge on any atom is 0.238 e. The molecule has 1 fully saturated rings. The summed E-state index contributed by atoms with van der Waals surface area (Å²) in [4.78, 5) is 15.5. The third kappa shape index (κ3) is 5.02. The summed E-state index contributed by atoms with van der Waals surface area (Å²) in [5, 5.41) is 12.5. The van der Waals surface area contributed by atoms with Crippen molar-refractivity contribution in [3.63, 3.8) is 0 Å². The number of anilines is 1. The number of nitrogens with zero attached hydrogens (tertiary/aromatic N) is 1. The van der Waals surface area contributed by atoms with Crippen molar-refractivity contribution < 1.29 is 9.90 Å². The molecular formula is C16H24N2O2S. The van der Waals surface area contributed by atoms with E-state index < -0.39 is 0 Å². The van der Waals surface area contributed by atoms with Gasteiger partial charge in [0.15, 0.2) is 0 Å². The Labute approximate surface area is 130 Å². The van der Waals surface area contributed by atoms with Gasteiger partial charge in [0.2, 0.25) is 5.91 Å². The molecule has 0 aromatic heterocycles. The van der Waals surface area contributed by atoms with E-state index in [9.17, 15) is 9.90 Å². The summed E-state index contributed by atoms with van der Waals surface area (Å²) in [5.41, 5.74) is 0.845. The van der Waals surface area contributed by atoms with E-state index in [1.54, 1.807) is 11.8 Å². The zero-order valence-electron chi connectivity index (χ0n) is 12.7. The lowest BCUT2D eigenvalue weighted by molar-refractivity contribution is -0.117. The molecule has 1 aromatic carbocycles. The van der Waals surface area contributed by atoms with Gasteiger partial charge in [0.1, 0.15) is 0 Å². The van der Waals surface area contributed by atoms with Crippen LogP contribution in [0.4, 0.5) is 5.69 Å². The molecule has 4 nitrogen and oxygen atoms in total. The first-order chi connectivity index (χ1) is 10.1. The fraction of sp³-hybridized carbons (Fsp3) is 0.562. The van der Waals surface area contributed by atoms with E-state index in [1.165, 1.54) is 0 Å². The smallest absolute Gasteiger partial charge is 0.238 e. The molecule has 1 aromatic rings. The van der Waals surface area contributed by atoms with Crippen molar-refractivity contribution in [1.29, 1.82) is 0 Å². The molecule has 1 amide bonds. The number of nitrogens with one attached hydrogen (secondary N) is 1. The minimum atomic E-state index is -0.308. The molecule has 0 saturated carbocycles. The Kier molecular flexibility index (Phi) is 6.08. The van der Waals surface area contributed by atoms with Gasteiger partial charge in [-0.05, 0) is 57.2 Å². The summed E-state index contributed by atoms with van der Waals surface area (Å²) in [6.07, 6.45) is 4.63. The average Bonchev–Trinajstić information content (AvgIpc) is 2.85.